The summed E-state index contributed by atoms with van der Waals surface area (Å²) < 4.78 is 5.77. The quantitative estimate of drug-likeness (QED) is 0.766. The van der Waals surface area contributed by atoms with Gasteiger partial charge < -0.3 is 4.74 Å². The van der Waals surface area contributed by atoms with E-state index >= 15 is 0 Å². The van der Waals surface area contributed by atoms with Crippen molar-refractivity contribution >= 4 is 11.7 Å². The van der Waals surface area contributed by atoms with Gasteiger partial charge in [0.1, 0.15) is 12.4 Å². The van der Waals surface area contributed by atoms with Crippen LogP contribution in [0.3, 0.4) is 0 Å². The van der Waals surface area contributed by atoms with Gasteiger partial charge in [0.15, 0.2) is 0 Å². The van der Waals surface area contributed by atoms with E-state index in [1.807, 2.05) is 18.2 Å². The normalized spacial score (nSPS) is 30.7. The number of rotatable bonds is 2. The van der Waals surface area contributed by atoms with E-state index in [1.165, 1.54) is 0 Å². The average molecular weight is 261 g/mol. The summed E-state index contributed by atoms with van der Waals surface area (Å²) in [5, 5.41) is 0. The number of carbonyl (C=O) groups excluding carboxylic acids is 1. The third-order valence-electron chi connectivity index (χ3n) is 3.99. The van der Waals surface area contributed by atoms with Crippen LogP contribution in [0.1, 0.15) is 34.6 Å². The molecule has 2 rings (SSSR count). The highest BCUT2D eigenvalue weighted by atomic mass is 16.5. The van der Waals surface area contributed by atoms with Crippen LogP contribution < -0.4 is 0 Å². The van der Waals surface area contributed by atoms with E-state index in [0.717, 1.165) is 11.5 Å². The minimum Gasteiger partial charge on any atom is -0.475 e. The SMILES string of the molecule is CC(=O)[C@H]1C=CC=C(C2=N[C@@H](C(C)(C)C)CO2)[C@@H]1C. The zero-order valence-electron chi connectivity index (χ0n) is 12.4. The molecule has 0 bridgehead atoms. The first-order valence-electron chi connectivity index (χ1n) is 6.90. The molecule has 0 unspecified atom stereocenters. The highest BCUT2D eigenvalue weighted by Crippen LogP contribution is 2.32. The van der Waals surface area contributed by atoms with Crippen molar-refractivity contribution in [1.29, 1.82) is 0 Å². The maximum atomic E-state index is 11.6. The number of aliphatic imine (C=N–C) groups is 1. The molecule has 2 aliphatic rings. The molecule has 1 heterocycles. The third-order valence-corrected chi connectivity index (χ3v) is 3.99. The van der Waals surface area contributed by atoms with Crippen molar-refractivity contribution in [3.63, 3.8) is 0 Å². The first-order valence-corrected chi connectivity index (χ1v) is 6.90. The predicted molar refractivity (Wildman–Crippen MR) is 77.2 cm³/mol. The number of carbonyl (C=O) groups is 1. The van der Waals surface area contributed by atoms with Gasteiger partial charge >= 0.3 is 0 Å². The van der Waals surface area contributed by atoms with Crippen LogP contribution in [0, 0.1) is 17.3 Å². The molecule has 19 heavy (non-hydrogen) atoms. The lowest BCUT2D eigenvalue weighted by Gasteiger charge is -2.23. The maximum Gasteiger partial charge on any atom is 0.212 e. The molecule has 0 amide bonds. The van der Waals surface area contributed by atoms with Gasteiger partial charge in [-0.05, 0) is 18.3 Å². The summed E-state index contributed by atoms with van der Waals surface area (Å²) in [4.78, 5) is 16.3. The number of Topliss-reactive ketones (excluding diaryl/α,β-unsaturated/α-hetero) is 1. The molecule has 0 N–H and O–H groups in total. The molecule has 104 valence electrons. The number of hydrogen-bond donors (Lipinski definition) is 0. The Balaban J connectivity index is 2.22. The summed E-state index contributed by atoms with van der Waals surface area (Å²) in [6.07, 6.45) is 5.93. The Hall–Kier alpha value is -1.38. The van der Waals surface area contributed by atoms with Crippen molar-refractivity contribution < 1.29 is 9.53 Å². The number of nitrogens with zero attached hydrogens (tertiary/aromatic N) is 1. The van der Waals surface area contributed by atoms with Crippen LogP contribution in [-0.4, -0.2) is 24.3 Å². The minimum absolute atomic E-state index is 0.0556. The Kier molecular flexibility index (Phi) is 3.66. The van der Waals surface area contributed by atoms with E-state index in [0.29, 0.717) is 6.61 Å². The molecule has 0 spiro atoms. The summed E-state index contributed by atoms with van der Waals surface area (Å²) in [6.45, 7) is 10.9. The number of ketones is 1. The Morgan fingerprint density at radius 1 is 1.42 bits per heavy atom. The first kappa shape index (κ1) is 14.0. The van der Waals surface area contributed by atoms with Crippen LogP contribution in [-0.2, 0) is 9.53 Å². The van der Waals surface area contributed by atoms with Crippen molar-refractivity contribution in [2.45, 2.75) is 40.7 Å². The molecule has 0 saturated carbocycles. The van der Waals surface area contributed by atoms with Crippen molar-refractivity contribution in [3.05, 3.63) is 23.8 Å². The van der Waals surface area contributed by atoms with Crippen LogP contribution in [0.5, 0.6) is 0 Å². The van der Waals surface area contributed by atoms with Gasteiger partial charge in [-0.3, -0.25) is 4.79 Å². The van der Waals surface area contributed by atoms with Crippen molar-refractivity contribution in [2.24, 2.45) is 22.2 Å². The second kappa shape index (κ2) is 4.95. The highest BCUT2D eigenvalue weighted by molar-refractivity contribution is 5.97. The molecule has 0 aromatic rings. The fourth-order valence-corrected chi connectivity index (χ4v) is 2.52. The standard InChI is InChI=1S/C16H23NO2/c1-10-12(11(2)18)7-6-8-13(10)15-17-14(9-19-15)16(3,4)5/h6-8,10,12,14H,9H2,1-5H3/t10-,12+,14-/m1/s1. The molecule has 1 aliphatic carbocycles. The Bertz CT molecular complexity index is 466. The number of ether oxygens (including phenoxy) is 1. The number of hydrogen-bond acceptors (Lipinski definition) is 3. The van der Waals surface area contributed by atoms with E-state index in [1.54, 1.807) is 6.92 Å². The van der Waals surface area contributed by atoms with Gasteiger partial charge in [0.05, 0.1) is 6.04 Å². The fraction of sp³-hybridized carbons (Fsp3) is 0.625. The Labute approximate surface area is 115 Å². The molecule has 0 fully saturated rings. The van der Waals surface area contributed by atoms with Gasteiger partial charge in [0.2, 0.25) is 5.90 Å². The minimum atomic E-state index is -0.0556. The lowest BCUT2D eigenvalue weighted by molar-refractivity contribution is -0.120. The molecule has 0 aromatic heterocycles. The van der Waals surface area contributed by atoms with Crippen LogP contribution in [0.15, 0.2) is 28.8 Å². The molecule has 1 aliphatic heterocycles. The predicted octanol–water partition coefficient (Wildman–Crippen LogP) is 3.17. The van der Waals surface area contributed by atoms with Gasteiger partial charge in [0, 0.05) is 11.5 Å². The molecular weight excluding hydrogens is 238 g/mol. The molecule has 0 aromatic carbocycles. The summed E-state index contributed by atoms with van der Waals surface area (Å²) in [5.74, 6) is 1.00. The van der Waals surface area contributed by atoms with E-state index < -0.39 is 0 Å². The van der Waals surface area contributed by atoms with E-state index in [2.05, 4.69) is 27.7 Å². The molecule has 3 nitrogen and oxygen atoms in total. The molecule has 3 atom stereocenters. The van der Waals surface area contributed by atoms with Gasteiger partial charge in [-0.1, -0.05) is 45.9 Å². The van der Waals surface area contributed by atoms with Crippen LogP contribution in [0.4, 0.5) is 0 Å². The Morgan fingerprint density at radius 2 is 2.11 bits per heavy atom. The Morgan fingerprint density at radius 3 is 2.63 bits per heavy atom. The lowest BCUT2D eigenvalue weighted by Crippen LogP contribution is -2.25. The monoisotopic (exact) mass is 261 g/mol. The van der Waals surface area contributed by atoms with Gasteiger partial charge in [-0.2, -0.15) is 0 Å². The lowest BCUT2D eigenvalue weighted by atomic mass is 9.81. The zero-order chi connectivity index (χ0) is 14.2. The van der Waals surface area contributed by atoms with Crippen LogP contribution in [0.2, 0.25) is 0 Å². The van der Waals surface area contributed by atoms with Crippen LogP contribution >= 0.6 is 0 Å². The molecule has 3 heteroatoms. The van der Waals surface area contributed by atoms with Crippen molar-refractivity contribution in [2.75, 3.05) is 6.61 Å². The van der Waals surface area contributed by atoms with E-state index in [9.17, 15) is 4.79 Å². The molecule has 0 saturated heterocycles. The second-order valence-corrected chi connectivity index (χ2v) is 6.56. The summed E-state index contributed by atoms with van der Waals surface area (Å²) in [7, 11) is 0. The van der Waals surface area contributed by atoms with Crippen LogP contribution in [0.25, 0.3) is 0 Å². The van der Waals surface area contributed by atoms with Gasteiger partial charge in [-0.15, -0.1) is 0 Å². The summed E-state index contributed by atoms with van der Waals surface area (Å²) >= 11 is 0. The summed E-state index contributed by atoms with van der Waals surface area (Å²) in [5.41, 5.74) is 1.16. The zero-order valence-corrected chi connectivity index (χ0v) is 12.4. The third kappa shape index (κ3) is 2.80. The van der Waals surface area contributed by atoms with Gasteiger partial charge in [0.25, 0.3) is 0 Å². The largest absolute Gasteiger partial charge is 0.475 e. The number of allylic oxidation sites excluding steroid dienone is 3. The van der Waals surface area contributed by atoms with Gasteiger partial charge in [-0.25, -0.2) is 4.99 Å². The molecular formula is C16H23NO2. The van der Waals surface area contributed by atoms with Crippen molar-refractivity contribution in [3.8, 4) is 0 Å². The van der Waals surface area contributed by atoms with E-state index in [4.69, 9.17) is 9.73 Å². The van der Waals surface area contributed by atoms with Crippen molar-refractivity contribution in [1.82, 2.24) is 0 Å². The fourth-order valence-electron chi connectivity index (χ4n) is 2.52. The first-order chi connectivity index (χ1) is 8.80. The second-order valence-electron chi connectivity index (χ2n) is 6.56. The molecule has 0 radical (unpaired) electrons. The van der Waals surface area contributed by atoms with E-state index in [-0.39, 0.29) is 29.1 Å². The topological polar surface area (TPSA) is 38.7 Å². The maximum absolute atomic E-state index is 11.6. The highest BCUT2D eigenvalue weighted by Gasteiger charge is 2.34. The average Bonchev–Trinajstić information content (AvgIpc) is 2.77. The summed E-state index contributed by atoms with van der Waals surface area (Å²) in [6, 6.07) is 0.192. The smallest absolute Gasteiger partial charge is 0.212 e.